The molecule has 1 aromatic heterocycles. The number of aliphatic hydroxyl groups excluding tert-OH is 1. The van der Waals surface area contributed by atoms with Crippen molar-refractivity contribution in [3.8, 4) is 0 Å². The fraction of sp³-hybridized carbons (Fsp3) is 0.667. The SMILES string of the molecule is O=C(Cc1cccs1)N1CCCN(C(=O)C2CCC(O)CC2)CC1. The molecule has 0 atom stereocenters. The monoisotopic (exact) mass is 350 g/mol. The molecule has 2 aliphatic rings. The summed E-state index contributed by atoms with van der Waals surface area (Å²) in [5.74, 6) is 0.434. The Balaban J connectivity index is 1.51. The first kappa shape index (κ1) is 17.4. The van der Waals surface area contributed by atoms with E-state index in [1.54, 1.807) is 11.3 Å². The number of rotatable bonds is 3. The summed E-state index contributed by atoms with van der Waals surface area (Å²) in [5, 5.41) is 11.6. The predicted molar refractivity (Wildman–Crippen MR) is 93.8 cm³/mol. The van der Waals surface area contributed by atoms with Crippen LogP contribution in [-0.4, -0.2) is 59.0 Å². The topological polar surface area (TPSA) is 60.9 Å². The van der Waals surface area contributed by atoms with Crippen molar-refractivity contribution >= 4 is 23.2 Å². The van der Waals surface area contributed by atoms with Gasteiger partial charge in [0.2, 0.25) is 11.8 Å². The van der Waals surface area contributed by atoms with Crippen LogP contribution in [0.5, 0.6) is 0 Å². The first-order chi connectivity index (χ1) is 11.6. The molecule has 3 rings (SSSR count). The van der Waals surface area contributed by atoms with Crippen LogP contribution in [0.2, 0.25) is 0 Å². The first-order valence-corrected chi connectivity index (χ1v) is 9.78. The highest BCUT2D eigenvalue weighted by molar-refractivity contribution is 7.10. The summed E-state index contributed by atoms with van der Waals surface area (Å²) in [6.07, 6.45) is 4.12. The summed E-state index contributed by atoms with van der Waals surface area (Å²) in [7, 11) is 0. The lowest BCUT2D eigenvalue weighted by Gasteiger charge is -2.30. The molecule has 2 heterocycles. The molecule has 0 spiro atoms. The van der Waals surface area contributed by atoms with Crippen molar-refractivity contribution in [2.45, 2.75) is 44.6 Å². The van der Waals surface area contributed by atoms with Gasteiger partial charge in [-0.15, -0.1) is 11.3 Å². The van der Waals surface area contributed by atoms with Crippen LogP contribution in [0.3, 0.4) is 0 Å². The Morgan fingerprint density at radius 3 is 2.50 bits per heavy atom. The smallest absolute Gasteiger partial charge is 0.227 e. The summed E-state index contributed by atoms with van der Waals surface area (Å²) >= 11 is 1.61. The summed E-state index contributed by atoms with van der Waals surface area (Å²) in [6.45, 7) is 2.73. The average molecular weight is 350 g/mol. The summed E-state index contributed by atoms with van der Waals surface area (Å²) in [4.78, 5) is 30.0. The van der Waals surface area contributed by atoms with Crippen LogP contribution < -0.4 is 0 Å². The lowest BCUT2D eigenvalue weighted by atomic mass is 9.86. The highest BCUT2D eigenvalue weighted by atomic mass is 32.1. The van der Waals surface area contributed by atoms with Gasteiger partial charge < -0.3 is 14.9 Å². The van der Waals surface area contributed by atoms with Crippen molar-refractivity contribution in [1.29, 1.82) is 0 Å². The van der Waals surface area contributed by atoms with E-state index in [-0.39, 0.29) is 23.8 Å². The predicted octanol–water partition coefficient (Wildman–Crippen LogP) is 1.90. The summed E-state index contributed by atoms with van der Waals surface area (Å²) < 4.78 is 0. The molecule has 5 nitrogen and oxygen atoms in total. The molecule has 24 heavy (non-hydrogen) atoms. The van der Waals surface area contributed by atoms with Gasteiger partial charge in [0.25, 0.3) is 0 Å². The molecule has 0 unspecified atom stereocenters. The maximum Gasteiger partial charge on any atom is 0.227 e. The maximum absolute atomic E-state index is 12.7. The quantitative estimate of drug-likeness (QED) is 0.906. The van der Waals surface area contributed by atoms with E-state index in [0.717, 1.165) is 50.1 Å². The highest BCUT2D eigenvalue weighted by Crippen LogP contribution is 2.26. The van der Waals surface area contributed by atoms with Crippen molar-refractivity contribution in [2.75, 3.05) is 26.2 Å². The van der Waals surface area contributed by atoms with E-state index < -0.39 is 0 Å². The van der Waals surface area contributed by atoms with Crippen molar-refractivity contribution in [3.05, 3.63) is 22.4 Å². The van der Waals surface area contributed by atoms with Crippen LogP contribution in [0.25, 0.3) is 0 Å². The van der Waals surface area contributed by atoms with Gasteiger partial charge in [-0.25, -0.2) is 0 Å². The lowest BCUT2D eigenvalue weighted by molar-refractivity contribution is -0.137. The van der Waals surface area contributed by atoms with Crippen molar-refractivity contribution in [2.24, 2.45) is 5.92 Å². The van der Waals surface area contributed by atoms with E-state index >= 15 is 0 Å². The van der Waals surface area contributed by atoms with Gasteiger partial charge >= 0.3 is 0 Å². The zero-order chi connectivity index (χ0) is 16.9. The number of carbonyl (C=O) groups is 2. The van der Waals surface area contributed by atoms with Gasteiger partial charge in [-0.3, -0.25) is 9.59 Å². The number of carbonyl (C=O) groups excluding carboxylic acids is 2. The van der Waals surface area contributed by atoms with E-state index in [1.807, 2.05) is 27.3 Å². The molecule has 1 aliphatic heterocycles. The minimum atomic E-state index is -0.233. The molecule has 1 N–H and O–H groups in total. The lowest BCUT2D eigenvalue weighted by Crippen LogP contribution is -2.41. The van der Waals surface area contributed by atoms with E-state index in [4.69, 9.17) is 0 Å². The second kappa shape index (κ2) is 8.12. The molecule has 0 bridgehead atoms. The fourth-order valence-electron chi connectivity index (χ4n) is 3.64. The van der Waals surface area contributed by atoms with E-state index in [9.17, 15) is 14.7 Å². The number of hydrogen-bond acceptors (Lipinski definition) is 4. The summed E-state index contributed by atoms with van der Waals surface area (Å²) in [6, 6.07) is 3.96. The molecule has 1 aliphatic carbocycles. The first-order valence-electron chi connectivity index (χ1n) is 8.90. The van der Waals surface area contributed by atoms with E-state index in [1.165, 1.54) is 0 Å². The van der Waals surface area contributed by atoms with Crippen LogP contribution in [0.15, 0.2) is 17.5 Å². The van der Waals surface area contributed by atoms with Gasteiger partial charge in [-0.1, -0.05) is 6.07 Å². The minimum absolute atomic E-state index is 0.0572. The molecule has 0 radical (unpaired) electrons. The largest absolute Gasteiger partial charge is 0.393 e. The summed E-state index contributed by atoms with van der Waals surface area (Å²) in [5.41, 5.74) is 0. The molecule has 1 aromatic rings. The van der Waals surface area contributed by atoms with Crippen LogP contribution in [0.4, 0.5) is 0 Å². The van der Waals surface area contributed by atoms with Crippen LogP contribution in [-0.2, 0) is 16.0 Å². The Morgan fingerprint density at radius 1 is 1.08 bits per heavy atom. The number of amides is 2. The normalized spacial score (nSPS) is 25.4. The zero-order valence-electron chi connectivity index (χ0n) is 14.0. The van der Waals surface area contributed by atoms with Crippen LogP contribution in [0.1, 0.15) is 37.0 Å². The Kier molecular flexibility index (Phi) is 5.89. The standard InChI is InChI=1S/C18H26N2O3S/c21-15-6-4-14(5-7-15)18(23)20-9-2-8-19(10-11-20)17(22)13-16-3-1-12-24-16/h1,3,12,14-15,21H,2,4-11,13H2. The second-order valence-electron chi connectivity index (χ2n) is 6.82. The highest BCUT2D eigenvalue weighted by Gasteiger charge is 2.30. The van der Waals surface area contributed by atoms with Gasteiger partial charge in [0.05, 0.1) is 12.5 Å². The van der Waals surface area contributed by atoms with Gasteiger partial charge in [0.1, 0.15) is 0 Å². The Labute approximate surface area is 147 Å². The molecular formula is C18H26N2O3S. The maximum atomic E-state index is 12.7. The third kappa shape index (κ3) is 4.36. The Bertz CT molecular complexity index is 553. The molecular weight excluding hydrogens is 324 g/mol. The molecule has 2 fully saturated rings. The molecule has 132 valence electrons. The van der Waals surface area contributed by atoms with Gasteiger partial charge in [0.15, 0.2) is 0 Å². The number of thiophene rings is 1. The second-order valence-corrected chi connectivity index (χ2v) is 7.85. The molecule has 1 saturated heterocycles. The number of aliphatic hydroxyl groups is 1. The number of hydrogen-bond donors (Lipinski definition) is 1. The third-order valence-corrected chi connectivity index (χ3v) is 5.99. The van der Waals surface area contributed by atoms with Gasteiger partial charge in [-0.05, 0) is 43.6 Å². The zero-order valence-corrected chi connectivity index (χ0v) is 14.8. The molecule has 6 heteroatoms. The number of nitrogens with zero attached hydrogens (tertiary/aromatic N) is 2. The van der Waals surface area contributed by atoms with E-state index in [2.05, 4.69) is 0 Å². The Morgan fingerprint density at radius 2 is 1.79 bits per heavy atom. The molecule has 0 aromatic carbocycles. The average Bonchev–Trinajstić information content (AvgIpc) is 2.96. The van der Waals surface area contributed by atoms with Crippen molar-refractivity contribution in [3.63, 3.8) is 0 Å². The van der Waals surface area contributed by atoms with Gasteiger partial charge in [0, 0.05) is 37.0 Å². The van der Waals surface area contributed by atoms with Crippen molar-refractivity contribution in [1.82, 2.24) is 9.80 Å². The van der Waals surface area contributed by atoms with Crippen LogP contribution >= 0.6 is 11.3 Å². The Hall–Kier alpha value is -1.40. The van der Waals surface area contributed by atoms with Gasteiger partial charge in [-0.2, -0.15) is 0 Å². The third-order valence-electron chi connectivity index (χ3n) is 5.11. The van der Waals surface area contributed by atoms with E-state index in [0.29, 0.717) is 19.5 Å². The van der Waals surface area contributed by atoms with Crippen molar-refractivity contribution < 1.29 is 14.7 Å². The minimum Gasteiger partial charge on any atom is -0.393 e. The molecule has 1 saturated carbocycles. The fourth-order valence-corrected chi connectivity index (χ4v) is 4.34. The van der Waals surface area contributed by atoms with Crippen LogP contribution in [0, 0.1) is 5.92 Å². The molecule has 2 amide bonds.